The number of allylic oxidation sites excluding steroid dienone is 5. The summed E-state index contributed by atoms with van der Waals surface area (Å²) in [6.07, 6.45) is 12.6. The van der Waals surface area contributed by atoms with Gasteiger partial charge in [0.2, 0.25) is 0 Å². The molecule has 4 aromatic carbocycles. The molecule has 130 valence electrons. The van der Waals surface area contributed by atoms with Crippen molar-refractivity contribution in [2.75, 3.05) is 0 Å². The molecule has 0 radical (unpaired) electrons. The Bertz CT molecular complexity index is 1420. The van der Waals surface area contributed by atoms with E-state index in [9.17, 15) is 0 Å². The Balaban J connectivity index is 1.82. The van der Waals surface area contributed by atoms with Crippen LogP contribution in [0.5, 0.6) is 0 Å². The number of hydrogen-bond acceptors (Lipinski definition) is 0. The lowest BCUT2D eigenvalue weighted by Gasteiger charge is -2.45. The summed E-state index contributed by atoms with van der Waals surface area (Å²) in [7, 11) is 0. The molecule has 3 aliphatic carbocycles. The fraction of sp³-hybridized carbons (Fsp3) is 0.0714. The Morgan fingerprint density at radius 2 is 1.64 bits per heavy atom. The molecular weight excluding hydrogens is 336 g/mol. The van der Waals surface area contributed by atoms with Crippen molar-refractivity contribution in [1.82, 2.24) is 0 Å². The third-order valence-electron chi connectivity index (χ3n) is 6.91. The largest absolute Gasteiger partial charge is 0.0830 e. The maximum Gasteiger partial charge on any atom is 0.0504 e. The normalized spacial score (nSPS) is 20.8. The van der Waals surface area contributed by atoms with E-state index in [0.29, 0.717) is 0 Å². The monoisotopic (exact) mass is 354 g/mol. The Morgan fingerprint density at radius 3 is 2.61 bits per heavy atom. The molecule has 0 heterocycles. The molecule has 0 bridgehead atoms. The summed E-state index contributed by atoms with van der Waals surface area (Å²) in [5.41, 5.74) is 8.49. The second-order valence-corrected chi connectivity index (χ2v) is 8.14. The Kier molecular flexibility index (Phi) is 2.57. The fourth-order valence-corrected chi connectivity index (χ4v) is 5.85. The topological polar surface area (TPSA) is 0 Å². The molecule has 1 unspecified atom stereocenters. The van der Waals surface area contributed by atoms with E-state index in [1.165, 1.54) is 54.9 Å². The van der Waals surface area contributed by atoms with Crippen LogP contribution in [0.25, 0.3) is 38.7 Å². The van der Waals surface area contributed by atoms with Crippen molar-refractivity contribution in [2.24, 2.45) is 0 Å². The molecule has 0 aromatic heterocycles. The molecule has 0 amide bonds. The summed E-state index contributed by atoms with van der Waals surface area (Å²) in [4.78, 5) is 0. The first-order valence-electron chi connectivity index (χ1n) is 10.0. The number of hydrogen-bond donors (Lipinski definition) is 0. The highest BCUT2D eigenvalue weighted by atomic mass is 14.5. The highest BCUT2D eigenvalue weighted by molar-refractivity contribution is 6.13. The zero-order valence-corrected chi connectivity index (χ0v) is 15.4. The van der Waals surface area contributed by atoms with Crippen LogP contribution >= 0.6 is 0 Å². The van der Waals surface area contributed by atoms with Crippen molar-refractivity contribution < 1.29 is 0 Å². The van der Waals surface area contributed by atoms with Crippen molar-refractivity contribution in [3.63, 3.8) is 0 Å². The maximum atomic E-state index is 2.38. The Hall–Kier alpha value is -3.38. The van der Waals surface area contributed by atoms with Crippen LogP contribution in [0.4, 0.5) is 0 Å². The molecule has 0 N–H and O–H groups in total. The molecule has 0 fully saturated rings. The Morgan fingerprint density at radius 1 is 0.786 bits per heavy atom. The van der Waals surface area contributed by atoms with Crippen molar-refractivity contribution in [3.8, 4) is 11.1 Å². The highest BCUT2D eigenvalue weighted by Gasteiger charge is 2.46. The van der Waals surface area contributed by atoms with Crippen LogP contribution in [0, 0.1) is 0 Å². The van der Waals surface area contributed by atoms with Gasteiger partial charge in [0.15, 0.2) is 0 Å². The number of benzene rings is 4. The van der Waals surface area contributed by atoms with E-state index >= 15 is 0 Å². The van der Waals surface area contributed by atoms with Gasteiger partial charge < -0.3 is 0 Å². The van der Waals surface area contributed by atoms with Gasteiger partial charge in [-0.3, -0.25) is 0 Å². The van der Waals surface area contributed by atoms with Crippen LogP contribution in [-0.4, -0.2) is 0 Å². The van der Waals surface area contributed by atoms with Gasteiger partial charge in [-0.1, -0.05) is 91.0 Å². The van der Waals surface area contributed by atoms with Gasteiger partial charge in [-0.25, -0.2) is 0 Å². The molecule has 1 spiro atoms. The van der Waals surface area contributed by atoms with E-state index in [2.05, 4.69) is 97.1 Å². The molecular formula is C28H18. The van der Waals surface area contributed by atoms with Crippen molar-refractivity contribution in [1.29, 1.82) is 0 Å². The summed E-state index contributed by atoms with van der Waals surface area (Å²) < 4.78 is 0. The summed E-state index contributed by atoms with van der Waals surface area (Å²) >= 11 is 0. The molecule has 0 saturated heterocycles. The zero-order valence-electron chi connectivity index (χ0n) is 15.4. The first kappa shape index (κ1) is 14.6. The van der Waals surface area contributed by atoms with Gasteiger partial charge in [-0.15, -0.1) is 0 Å². The predicted octanol–water partition coefficient (Wildman–Crippen LogP) is 7.17. The van der Waals surface area contributed by atoms with Gasteiger partial charge >= 0.3 is 0 Å². The van der Waals surface area contributed by atoms with Crippen LogP contribution in [0.3, 0.4) is 0 Å². The van der Waals surface area contributed by atoms with Gasteiger partial charge in [0.1, 0.15) is 0 Å². The minimum atomic E-state index is -0.0773. The van der Waals surface area contributed by atoms with Crippen LogP contribution in [-0.2, 0) is 5.41 Å². The van der Waals surface area contributed by atoms with Gasteiger partial charge in [0.05, 0.1) is 5.41 Å². The van der Waals surface area contributed by atoms with E-state index in [1.807, 2.05) is 0 Å². The minimum absolute atomic E-state index is 0.0773. The smallest absolute Gasteiger partial charge is 0.0504 e. The van der Waals surface area contributed by atoms with Crippen LogP contribution in [0.15, 0.2) is 96.6 Å². The van der Waals surface area contributed by atoms with E-state index in [-0.39, 0.29) is 5.41 Å². The van der Waals surface area contributed by atoms with E-state index < -0.39 is 0 Å². The molecule has 0 aliphatic heterocycles. The van der Waals surface area contributed by atoms with Crippen molar-refractivity contribution in [2.45, 2.75) is 11.8 Å². The first-order chi connectivity index (χ1) is 13.9. The average Bonchev–Trinajstić information content (AvgIpc) is 2.76. The van der Waals surface area contributed by atoms with E-state index in [1.54, 1.807) is 0 Å². The highest BCUT2D eigenvalue weighted by Crippen LogP contribution is 2.59. The third kappa shape index (κ3) is 1.55. The summed E-state index contributed by atoms with van der Waals surface area (Å²) in [5.74, 6) is 0. The standard InChI is InChI=1S/C28H18/c1-2-11-22-19(7-1)17-20-14-15-21-10-3-4-16-28(21)24-13-6-9-18-8-5-12-23(25(18)24)26(22)27(20)28/h1-15,17H,16H2. The fourth-order valence-electron chi connectivity index (χ4n) is 5.85. The van der Waals surface area contributed by atoms with Crippen LogP contribution in [0.1, 0.15) is 23.1 Å². The summed E-state index contributed by atoms with van der Waals surface area (Å²) in [6.45, 7) is 0. The molecule has 3 aliphatic rings. The Labute approximate surface area is 164 Å². The van der Waals surface area contributed by atoms with Crippen LogP contribution < -0.4 is 0 Å². The van der Waals surface area contributed by atoms with Crippen molar-refractivity contribution in [3.05, 3.63) is 113 Å². The van der Waals surface area contributed by atoms with Crippen LogP contribution in [0.2, 0.25) is 0 Å². The molecule has 0 nitrogen and oxygen atoms in total. The second-order valence-electron chi connectivity index (χ2n) is 8.14. The number of fused-ring (bicyclic) bond motifs is 3. The van der Waals surface area contributed by atoms with Crippen molar-refractivity contribution >= 4 is 27.6 Å². The zero-order chi connectivity index (χ0) is 18.3. The lowest BCUT2D eigenvalue weighted by Crippen LogP contribution is -2.35. The van der Waals surface area contributed by atoms with E-state index in [4.69, 9.17) is 0 Å². The van der Waals surface area contributed by atoms with Gasteiger partial charge in [0, 0.05) is 0 Å². The molecule has 7 rings (SSSR count). The van der Waals surface area contributed by atoms with Gasteiger partial charge in [-0.05, 0) is 67.4 Å². The summed E-state index contributed by atoms with van der Waals surface area (Å²) in [5, 5.41) is 5.46. The lowest BCUT2D eigenvalue weighted by molar-refractivity contribution is 0.619. The molecule has 0 heteroatoms. The maximum absolute atomic E-state index is 2.38. The SMILES string of the molecule is C1=CCC23C(=C1)C=Cc1cc4ccccc4c(c12)-c1cccc2cccc3c12. The molecule has 28 heavy (non-hydrogen) atoms. The minimum Gasteiger partial charge on any atom is -0.0830 e. The summed E-state index contributed by atoms with van der Waals surface area (Å²) in [6, 6.07) is 24.9. The quantitative estimate of drug-likeness (QED) is 0.314. The van der Waals surface area contributed by atoms with Gasteiger partial charge in [0.25, 0.3) is 0 Å². The first-order valence-corrected chi connectivity index (χ1v) is 10.0. The average molecular weight is 354 g/mol. The molecule has 1 atom stereocenters. The molecule has 4 aromatic rings. The molecule has 0 saturated carbocycles. The van der Waals surface area contributed by atoms with E-state index in [0.717, 1.165) is 6.42 Å². The lowest BCUT2D eigenvalue weighted by atomic mass is 9.56. The number of rotatable bonds is 0. The third-order valence-corrected chi connectivity index (χ3v) is 6.91. The predicted molar refractivity (Wildman–Crippen MR) is 119 cm³/mol. The second kappa shape index (κ2) is 4.91. The van der Waals surface area contributed by atoms with Gasteiger partial charge in [-0.2, -0.15) is 0 Å².